The zero-order valence-electron chi connectivity index (χ0n) is 14.6. The Morgan fingerprint density at radius 3 is 2.58 bits per heavy atom. The van der Waals surface area contributed by atoms with Crippen molar-refractivity contribution in [2.45, 2.75) is 58.8 Å². The summed E-state index contributed by atoms with van der Waals surface area (Å²) in [5.41, 5.74) is 2.05. The van der Waals surface area contributed by atoms with Gasteiger partial charge in [-0.3, -0.25) is 4.84 Å². The van der Waals surface area contributed by atoms with Gasteiger partial charge in [-0.2, -0.15) is 0 Å². The molecule has 5 heteroatoms. The van der Waals surface area contributed by atoms with E-state index in [0.29, 0.717) is 6.61 Å². The van der Waals surface area contributed by atoms with Gasteiger partial charge in [0, 0.05) is 6.08 Å². The number of hydrogen-bond acceptors (Lipinski definition) is 5. The summed E-state index contributed by atoms with van der Waals surface area (Å²) in [6.07, 6.45) is 11.1. The fourth-order valence-electron chi connectivity index (χ4n) is 2.54. The van der Waals surface area contributed by atoms with Gasteiger partial charge in [-0.25, -0.2) is 4.79 Å². The highest BCUT2D eigenvalue weighted by Crippen LogP contribution is 2.22. The first kappa shape index (κ1) is 19.9. The minimum Gasteiger partial charge on any atom is -0.494 e. The third-order valence-corrected chi connectivity index (χ3v) is 3.75. The Kier molecular flexibility index (Phi) is 10.2. The van der Waals surface area contributed by atoms with Crippen molar-refractivity contribution in [1.82, 2.24) is 0 Å². The maximum Gasteiger partial charge on any atom is 0.362 e. The van der Waals surface area contributed by atoms with E-state index in [2.05, 4.69) is 17.1 Å². The number of nitrogens with zero attached hydrogens (tertiary/aromatic N) is 1. The van der Waals surface area contributed by atoms with E-state index >= 15 is 0 Å². The van der Waals surface area contributed by atoms with Crippen molar-refractivity contribution in [2.75, 3.05) is 6.61 Å². The van der Waals surface area contributed by atoms with Crippen LogP contribution in [0.25, 0.3) is 6.08 Å². The number of carbonyl (C=O) groups excluding carboxylic acids is 1. The van der Waals surface area contributed by atoms with E-state index in [1.807, 2.05) is 25.1 Å². The summed E-state index contributed by atoms with van der Waals surface area (Å²) in [7, 11) is 0. The van der Waals surface area contributed by atoms with Crippen molar-refractivity contribution >= 4 is 12.0 Å². The van der Waals surface area contributed by atoms with E-state index in [-0.39, 0.29) is 0 Å². The summed E-state index contributed by atoms with van der Waals surface area (Å²) >= 11 is 0. The number of unbranched alkanes of at least 4 members (excludes halogenated alkanes) is 5. The lowest BCUT2D eigenvalue weighted by molar-refractivity contribution is -0.137. The molecule has 0 aliphatic heterocycles. The average molecular weight is 333 g/mol. The van der Waals surface area contributed by atoms with E-state index in [0.717, 1.165) is 29.7 Å². The minimum absolute atomic E-state index is 0.614. The summed E-state index contributed by atoms with van der Waals surface area (Å²) in [6, 6.07) is 5.80. The zero-order chi connectivity index (χ0) is 17.6. The van der Waals surface area contributed by atoms with Crippen molar-refractivity contribution in [2.24, 2.45) is 5.34 Å². The number of ether oxygens (including phenoxy) is 1. The molecule has 0 atom stereocenters. The molecule has 0 unspecified atom stereocenters. The van der Waals surface area contributed by atoms with Gasteiger partial charge in [0.25, 0.3) is 0 Å². The second kappa shape index (κ2) is 12.3. The molecule has 0 N–H and O–H groups in total. The maximum atomic E-state index is 11.2. The minimum atomic E-state index is -0.774. The molecule has 0 spiro atoms. The van der Waals surface area contributed by atoms with Gasteiger partial charge in [0.05, 0.1) is 6.61 Å². The fraction of sp³-hybridized carbons (Fsp3) is 0.526. The quantitative estimate of drug-likeness (QED) is 0.227. The van der Waals surface area contributed by atoms with Gasteiger partial charge < -0.3 is 4.74 Å². The number of hydrogen-bond donors (Lipinski definition) is 0. The normalized spacial score (nSPS) is 10.8. The van der Waals surface area contributed by atoms with Crippen LogP contribution in [0.15, 0.2) is 29.6 Å². The van der Waals surface area contributed by atoms with E-state index in [4.69, 9.17) is 4.74 Å². The third kappa shape index (κ3) is 7.90. The molecule has 0 heterocycles. The molecule has 0 saturated carbocycles. The molecule has 0 amide bonds. The standard InChI is InChI=1S/C19H27NO4/c1-3-5-6-7-8-9-10-17-15-18(23-4-2)13-11-16(17)12-14-19(21)24-20-22/h11-15H,3-10H2,1-2H3/b14-12+. The van der Waals surface area contributed by atoms with Crippen molar-refractivity contribution in [3.05, 3.63) is 40.3 Å². The number of carbonyl (C=O) groups is 1. The SMILES string of the molecule is CCCCCCCCc1cc(OCC)ccc1/C=C/C(=O)ON=O. The van der Waals surface area contributed by atoms with Gasteiger partial charge in [0.15, 0.2) is 5.34 Å². The molecule has 132 valence electrons. The number of benzene rings is 1. The van der Waals surface area contributed by atoms with Crippen LogP contribution in [0.1, 0.15) is 63.5 Å². The van der Waals surface area contributed by atoms with Crippen molar-refractivity contribution in [3.63, 3.8) is 0 Å². The molecule has 0 saturated heterocycles. The van der Waals surface area contributed by atoms with E-state index in [9.17, 15) is 9.70 Å². The Hall–Kier alpha value is -2.17. The van der Waals surface area contributed by atoms with E-state index in [1.54, 1.807) is 6.08 Å². The molecule has 1 aromatic rings. The van der Waals surface area contributed by atoms with Crippen LogP contribution in [0.2, 0.25) is 0 Å². The highest BCUT2D eigenvalue weighted by Gasteiger charge is 2.05. The Morgan fingerprint density at radius 1 is 1.12 bits per heavy atom. The van der Waals surface area contributed by atoms with Crippen molar-refractivity contribution in [1.29, 1.82) is 0 Å². The highest BCUT2D eigenvalue weighted by molar-refractivity contribution is 5.87. The lowest BCUT2D eigenvalue weighted by Gasteiger charge is -2.10. The maximum absolute atomic E-state index is 11.2. The molecule has 5 nitrogen and oxygen atoms in total. The Bertz CT molecular complexity index is 540. The average Bonchev–Trinajstić information content (AvgIpc) is 2.58. The zero-order valence-corrected chi connectivity index (χ0v) is 14.6. The molecule has 0 radical (unpaired) electrons. The molecule has 0 aliphatic rings. The van der Waals surface area contributed by atoms with Gasteiger partial charge in [0.1, 0.15) is 5.75 Å². The molecule has 24 heavy (non-hydrogen) atoms. The van der Waals surface area contributed by atoms with Gasteiger partial charge in [-0.15, -0.1) is 4.91 Å². The molecular weight excluding hydrogens is 306 g/mol. The molecule has 0 bridgehead atoms. The Labute approximate surface area is 144 Å². The summed E-state index contributed by atoms with van der Waals surface area (Å²) in [4.78, 5) is 25.2. The van der Waals surface area contributed by atoms with Crippen LogP contribution in [-0.2, 0) is 16.1 Å². The summed E-state index contributed by atoms with van der Waals surface area (Å²) in [6.45, 7) is 4.77. The monoisotopic (exact) mass is 333 g/mol. The van der Waals surface area contributed by atoms with Crippen LogP contribution in [0.3, 0.4) is 0 Å². The van der Waals surface area contributed by atoms with Gasteiger partial charge in [0.2, 0.25) is 0 Å². The molecule has 0 fully saturated rings. The first-order valence-electron chi connectivity index (χ1n) is 8.68. The van der Waals surface area contributed by atoms with Crippen molar-refractivity contribution < 1.29 is 14.4 Å². The van der Waals surface area contributed by atoms with Gasteiger partial charge in [-0.1, -0.05) is 45.1 Å². The second-order valence-corrected chi connectivity index (χ2v) is 5.63. The number of aryl methyl sites for hydroxylation is 1. The van der Waals surface area contributed by atoms with Crippen LogP contribution in [0.4, 0.5) is 0 Å². The van der Waals surface area contributed by atoms with Crippen molar-refractivity contribution in [3.8, 4) is 5.75 Å². The lowest BCUT2D eigenvalue weighted by atomic mass is 9.99. The smallest absolute Gasteiger partial charge is 0.362 e. The van der Waals surface area contributed by atoms with Crippen LogP contribution in [0, 0.1) is 4.91 Å². The highest BCUT2D eigenvalue weighted by atomic mass is 16.7. The third-order valence-electron chi connectivity index (χ3n) is 3.75. The summed E-state index contributed by atoms with van der Waals surface area (Å²) in [5, 5.41) is 2.12. The van der Waals surface area contributed by atoms with E-state index < -0.39 is 5.97 Å². The lowest BCUT2D eigenvalue weighted by Crippen LogP contribution is -1.97. The van der Waals surface area contributed by atoms with Crippen LogP contribution in [0.5, 0.6) is 5.75 Å². The molecule has 0 aliphatic carbocycles. The Balaban J connectivity index is 2.70. The molecule has 1 rings (SSSR count). The largest absolute Gasteiger partial charge is 0.494 e. The van der Waals surface area contributed by atoms with Gasteiger partial charge >= 0.3 is 5.97 Å². The second-order valence-electron chi connectivity index (χ2n) is 5.63. The van der Waals surface area contributed by atoms with Crippen LogP contribution < -0.4 is 4.74 Å². The summed E-state index contributed by atoms with van der Waals surface area (Å²) < 4.78 is 5.55. The predicted molar refractivity (Wildman–Crippen MR) is 95.6 cm³/mol. The van der Waals surface area contributed by atoms with E-state index in [1.165, 1.54) is 38.2 Å². The summed E-state index contributed by atoms with van der Waals surface area (Å²) in [5.74, 6) is 0.0529. The Morgan fingerprint density at radius 2 is 1.88 bits per heavy atom. The topological polar surface area (TPSA) is 65.0 Å². The molecule has 1 aromatic carbocycles. The fourth-order valence-corrected chi connectivity index (χ4v) is 2.54. The number of rotatable bonds is 12. The molecule has 0 aromatic heterocycles. The first-order valence-corrected chi connectivity index (χ1v) is 8.68. The first-order chi connectivity index (χ1) is 11.7. The van der Waals surface area contributed by atoms with Crippen LogP contribution in [-0.4, -0.2) is 12.6 Å². The molecular formula is C19H27NO4. The predicted octanol–water partition coefficient (Wildman–Crippen LogP) is 5.23. The van der Waals surface area contributed by atoms with Crippen LogP contribution >= 0.6 is 0 Å². The van der Waals surface area contributed by atoms with Gasteiger partial charge in [-0.05, 0) is 49.1 Å².